The molecule has 3 saturated heterocycles. The molecule has 0 amide bonds. The average molecular weight is 143 g/mol. The van der Waals surface area contributed by atoms with Crippen LogP contribution in [0.1, 0.15) is 6.92 Å². The molecule has 3 heterocycles. The van der Waals surface area contributed by atoms with Crippen molar-refractivity contribution in [2.75, 3.05) is 32.7 Å². The molecule has 0 aliphatic carbocycles. The molecule has 0 aromatic heterocycles. The minimum absolute atomic E-state index is 0. The average Bonchev–Trinajstić information content (AvgIpc) is 1.90. The Balaban J connectivity index is 0.000000500. The molecule has 3 N–H and O–H groups in total. The summed E-state index contributed by atoms with van der Waals surface area (Å²) in [4.78, 5) is 5.14. The van der Waals surface area contributed by atoms with E-state index in [0.29, 0.717) is 0 Å². The van der Waals surface area contributed by atoms with Crippen LogP contribution in [0, 0.1) is 0 Å². The lowest BCUT2D eigenvalue weighted by Gasteiger charge is -2.46. The fourth-order valence-electron chi connectivity index (χ4n) is 1.88. The topological polar surface area (TPSA) is 41.5 Å². The third kappa shape index (κ3) is 1.17. The largest absolute Gasteiger partial charge is 0.344 e. The Morgan fingerprint density at radius 3 is 1.90 bits per heavy atom. The molecular formula is C7H17N3. The van der Waals surface area contributed by atoms with Gasteiger partial charge in [-0.05, 0) is 6.92 Å². The highest BCUT2D eigenvalue weighted by Crippen LogP contribution is 2.13. The van der Waals surface area contributed by atoms with Crippen molar-refractivity contribution in [2.24, 2.45) is 0 Å². The smallest absolute Gasteiger partial charge is 0.0195 e. The van der Waals surface area contributed by atoms with Crippen LogP contribution in [0.25, 0.3) is 0 Å². The van der Waals surface area contributed by atoms with Gasteiger partial charge in [0.1, 0.15) is 0 Å². The van der Waals surface area contributed by atoms with E-state index in [0.717, 1.165) is 6.04 Å². The zero-order valence-electron chi connectivity index (χ0n) is 6.71. The lowest BCUT2D eigenvalue weighted by atomic mass is 10.1. The van der Waals surface area contributed by atoms with Crippen LogP contribution in [0.3, 0.4) is 0 Å². The zero-order valence-corrected chi connectivity index (χ0v) is 6.71. The van der Waals surface area contributed by atoms with E-state index in [1.54, 1.807) is 0 Å². The molecule has 60 valence electrons. The Morgan fingerprint density at radius 2 is 1.70 bits per heavy atom. The van der Waals surface area contributed by atoms with E-state index >= 15 is 0 Å². The minimum atomic E-state index is 0. The van der Waals surface area contributed by atoms with Gasteiger partial charge < -0.3 is 6.15 Å². The van der Waals surface area contributed by atoms with Crippen molar-refractivity contribution in [1.29, 1.82) is 0 Å². The summed E-state index contributed by atoms with van der Waals surface area (Å²) in [7, 11) is 0. The number of nitrogens with zero attached hydrogens (tertiary/aromatic N) is 2. The van der Waals surface area contributed by atoms with Gasteiger partial charge in [-0.2, -0.15) is 0 Å². The number of fused-ring (bicyclic) bond motifs is 3. The van der Waals surface area contributed by atoms with Crippen molar-refractivity contribution in [3.8, 4) is 0 Å². The summed E-state index contributed by atoms with van der Waals surface area (Å²) in [6.45, 7) is 8.86. The van der Waals surface area contributed by atoms with Crippen LogP contribution in [0.5, 0.6) is 0 Å². The summed E-state index contributed by atoms with van der Waals surface area (Å²) >= 11 is 0. The SMILES string of the molecule is CC1CN2CCN1CC2.N. The van der Waals surface area contributed by atoms with Crippen molar-refractivity contribution in [3.63, 3.8) is 0 Å². The van der Waals surface area contributed by atoms with Gasteiger partial charge in [0.05, 0.1) is 0 Å². The summed E-state index contributed by atoms with van der Waals surface area (Å²) in [5, 5.41) is 0. The van der Waals surface area contributed by atoms with Crippen molar-refractivity contribution in [3.05, 3.63) is 0 Å². The lowest BCUT2D eigenvalue weighted by molar-refractivity contribution is 0.0214. The zero-order chi connectivity index (χ0) is 6.27. The Bertz CT molecular complexity index is 107. The van der Waals surface area contributed by atoms with E-state index in [1.165, 1.54) is 32.7 Å². The van der Waals surface area contributed by atoms with Gasteiger partial charge in [0.25, 0.3) is 0 Å². The second-order valence-corrected chi connectivity index (χ2v) is 3.19. The molecule has 3 aliphatic rings. The first-order chi connectivity index (χ1) is 4.36. The quantitative estimate of drug-likeness (QED) is 0.525. The molecule has 10 heavy (non-hydrogen) atoms. The molecule has 0 aromatic carbocycles. The highest BCUT2D eigenvalue weighted by atomic mass is 15.3. The number of piperazine rings is 3. The maximum Gasteiger partial charge on any atom is 0.0195 e. The molecule has 1 unspecified atom stereocenters. The molecule has 2 bridgehead atoms. The van der Waals surface area contributed by atoms with E-state index in [2.05, 4.69) is 16.7 Å². The predicted molar refractivity (Wildman–Crippen MR) is 42.5 cm³/mol. The summed E-state index contributed by atoms with van der Waals surface area (Å²) in [5.74, 6) is 0. The molecule has 3 heteroatoms. The van der Waals surface area contributed by atoms with Crippen LogP contribution in [0.2, 0.25) is 0 Å². The first-order valence-corrected chi connectivity index (χ1v) is 3.82. The molecule has 3 nitrogen and oxygen atoms in total. The van der Waals surface area contributed by atoms with Crippen LogP contribution >= 0.6 is 0 Å². The normalized spacial score (nSPS) is 44.7. The molecule has 3 aliphatic heterocycles. The van der Waals surface area contributed by atoms with Crippen molar-refractivity contribution < 1.29 is 0 Å². The van der Waals surface area contributed by atoms with E-state index in [-0.39, 0.29) is 6.15 Å². The van der Waals surface area contributed by atoms with Crippen LogP contribution in [0.4, 0.5) is 0 Å². The van der Waals surface area contributed by atoms with Gasteiger partial charge in [-0.3, -0.25) is 9.80 Å². The Morgan fingerprint density at radius 1 is 1.10 bits per heavy atom. The monoisotopic (exact) mass is 143 g/mol. The van der Waals surface area contributed by atoms with E-state index in [4.69, 9.17) is 0 Å². The van der Waals surface area contributed by atoms with Crippen molar-refractivity contribution in [2.45, 2.75) is 13.0 Å². The molecule has 0 spiro atoms. The highest BCUT2D eigenvalue weighted by Gasteiger charge is 2.28. The molecule has 3 fully saturated rings. The second kappa shape index (κ2) is 2.86. The van der Waals surface area contributed by atoms with Crippen molar-refractivity contribution >= 4 is 0 Å². The summed E-state index contributed by atoms with van der Waals surface area (Å²) in [6, 6.07) is 0.826. The van der Waals surface area contributed by atoms with Gasteiger partial charge in [0.15, 0.2) is 0 Å². The Kier molecular flexibility index (Phi) is 2.28. The third-order valence-electron chi connectivity index (χ3n) is 2.55. The number of rotatable bonds is 0. The summed E-state index contributed by atoms with van der Waals surface area (Å²) in [5.41, 5.74) is 0. The van der Waals surface area contributed by atoms with Gasteiger partial charge in [0, 0.05) is 38.8 Å². The summed E-state index contributed by atoms with van der Waals surface area (Å²) < 4.78 is 0. The van der Waals surface area contributed by atoms with Crippen LogP contribution < -0.4 is 6.15 Å². The van der Waals surface area contributed by atoms with Gasteiger partial charge in [-0.1, -0.05) is 0 Å². The van der Waals surface area contributed by atoms with Gasteiger partial charge >= 0.3 is 0 Å². The molecule has 0 saturated carbocycles. The fraction of sp³-hybridized carbons (Fsp3) is 1.00. The highest BCUT2D eigenvalue weighted by molar-refractivity contribution is 4.84. The van der Waals surface area contributed by atoms with Crippen molar-refractivity contribution in [1.82, 2.24) is 16.0 Å². The number of hydrogen-bond donors (Lipinski definition) is 1. The van der Waals surface area contributed by atoms with Gasteiger partial charge in [-0.15, -0.1) is 0 Å². The molecule has 3 rings (SSSR count). The van der Waals surface area contributed by atoms with Crippen LogP contribution in [-0.4, -0.2) is 48.6 Å². The molecular weight excluding hydrogens is 126 g/mol. The minimum Gasteiger partial charge on any atom is -0.344 e. The molecule has 1 atom stereocenters. The maximum absolute atomic E-state index is 2.58. The Hall–Kier alpha value is -0.120. The Labute approximate surface area is 62.6 Å². The lowest BCUT2D eigenvalue weighted by Crippen LogP contribution is -2.59. The molecule has 0 radical (unpaired) electrons. The first kappa shape index (κ1) is 7.98. The van der Waals surface area contributed by atoms with E-state index in [9.17, 15) is 0 Å². The standard InChI is InChI=1S/C7H14N2.H3N/c1-7-6-8-2-4-9(7)5-3-8;/h7H,2-6H2,1H3;1H3. The van der Waals surface area contributed by atoms with E-state index < -0.39 is 0 Å². The van der Waals surface area contributed by atoms with E-state index in [1.807, 2.05) is 0 Å². The first-order valence-electron chi connectivity index (χ1n) is 3.82. The van der Waals surface area contributed by atoms with Gasteiger partial charge in [0.2, 0.25) is 0 Å². The second-order valence-electron chi connectivity index (χ2n) is 3.19. The fourth-order valence-corrected chi connectivity index (χ4v) is 1.88. The summed E-state index contributed by atoms with van der Waals surface area (Å²) in [6.07, 6.45) is 0. The maximum atomic E-state index is 2.58. The predicted octanol–water partition coefficient (Wildman–Crippen LogP) is 0.168. The molecule has 0 aromatic rings. The number of hydrogen-bond acceptors (Lipinski definition) is 3. The van der Waals surface area contributed by atoms with Gasteiger partial charge in [-0.25, -0.2) is 0 Å². The van der Waals surface area contributed by atoms with Crippen LogP contribution in [0.15, 0.2) is 0 Å². The van der Waals surface area contributed by atoms with Crippen LogP contribution in [-0.2, 0) is 0 Å². The third-order valence-corrected chi connectivity index (χ3v) is 2.55.